The number of aliphatic hydroxyl groups excluding tert-OH is 1. The lowest BCUT2D eigenvalue weighted by atomic mass is 9.96. The minimum Gasteiger partial charge on any atom is -0.396 e. The van der Waals surface area contributed by atoms with Gasteiger partial charge in [0.2, 0.25) is 5.91 Å². The molecule has 1 saturated heterocycles. The highest BCUT2D eigenvalue weighted by Crippen LogP contribution is 2.36. The molecule has 2 N–H and O–H groups in total. The van der Waals surface area contributed by atoms with Gasteiger partial charge in [-0.05, 0) is 26.7 Å². The lowest BCUT2D eigenvalue weighted by Crippen LogP contribution is -2.35. The molecule has 0 spiro atoms. The summed E-state index contributed by atoms with van der Waals surface area (Å²) in [5.74, 6) is 0.664. The van der Waals surface area contributed by atoms with Gasteiger partial charge in [0.25, 0.3) is 0 Å². The first-order chi connectivity index (χ1) is 10.4. The SMILES string of the molecule is B[C@H]1C[C@@H](OCSSC(C)(C)CNC(=O)CC)C(CCO)O1. The first-order valence-corrected chi connectivity index (χ1v) is 10.1. The summed E-state index contributed by atoms with van der Waals surface area (Å²) in [6, 6.07) is 0.194. The zero-order valence-corrected chi connectivity index (χ0v) is 15.6. The summed E-state index contributed by atoms with van der Waals surface area (Å²) < 4.78 is 11.6. The molecule has 1 amide bonds. The molecule has 0 radical (unpaired) electrons. The highest BCUT2D eigenvalue weighted by Gasteiger charge is 2.33. The van der Waals surface area contributed by atoms with Crippen molar-refractivity contribution in [1.82, 2.24) is 5.32 Å². The van der Waals surface area contributed by atoms with Gasteiger partial charge in [-0.15, -0.1) is 0 Å². The number of hydrogen-bond acceptors (Lipinski definition) is 6. The van der Waals surface area contributed by atoms with Gasteiger partial charge in [0.15, 0.2) is 0 Å². The van der Waals surface area contributed by atoms with E-state index in [4.69, 9.17) is 14.6 Å². The fourth-order valence-electron chi connectivity index (χ4n) is 2.24. The van der Waals surface area contributed by atoms with E-state index in [1.54, 1.807) is 21.6 Å². The van der Waals surface area contributed by atoms with E-state index in [1.165, 1.54) is 0 Å². The molecule has 8 heteroatoms. The minimum absolute atomic E-state index is 0.00227. The Morgan fingerprint density at radius 3 is 2.91 bits per heavy atom. The van der Waals surface area contributed by atoms with Crippen LogP contribution in [0.15, 0.2) is 0 Å². The molecule has 1 unspecified atom stereocenters. The van der Waals surface area contributed by atoms with E-state index < -0.39 is 0 Å². The standard InChI is InChI=1S/C14H28BNO4S2/c1-4-13(18)16-8-14(2,3)22-21-9-19-11-7-12(15)20-10(11)5-6-17/h10-12,17H,4-9,15H2,1-3H3,(H,16,18)/t10?,11-,12-/m1/s1. The number of ether oxygens (including phenoxy) is 2. The molecule has 1 fully saturated rings. The Morgan fingerprint density at radius 2 is 2.27 bits per heavy atom. The second kappa shape index (κ2) is 10.1. The van der Waals surface area contributed by atoms with Crippen molar-refractivity contribution in [3.8, 4) is 0 Å². The highest BCUT2D eigenvalue weighted by molar-refractivity contribution is 8.77. The normalized spacial score (nSPS) is 25.4. The van der Waals surface area contributed by atoms with Crippen molar-refractivity contribution in [3.05, 3.63) is 0 Å². The maximum atomic E-state index is 11.3. The summed E-state index contributed by atoms with van der Waals surface area (Å²) in [6.45, 7) is 6.84. The molecule has 0 aromatic carbocycles. The van der Waals surface area contributed by atoms with Crippen LogP contribution in [0.4, 0.5) is 0 Å². The molecule has 5 nitrogen and oxygen atoms in total. The second-order valence-corrected chi connectivity index (χ2v) is 9.10. The maximum absolute atomic E-state index is 11.3. The maximum Gasteiger partial charge on any atom is 0.219 e. The summed E-state index contributed by atoms with van der Waals surface area (Å²) in [5.41, 5.74) is 0. The smallest absolute Gasteiger partial charge is 0.219 e. The summed E-state index contributed by atoms with van der Waals surface area (Å²) in [6.07, 6.45) is 2.09. The first kappa shape index (κ1) is 20.2. The molecule has 0 aromatic heterocycles. The third-order valence-corrected chi connectivity index (χ3v) is 6.39. The third kappa shape index (κ3) is 7.59. The van der Waals surface area contributed by atoms with Crippen LogP contribution in [0.1, 0.15) is 40.0 Å². The predicted octanol–water partition coefficient (Wildman–Crippen LogP) is 1.15. The summed E-state index contributed by atoms with van der Waals surface area (Å²) >= 11 is 0. The molecule has 1 heterocycles. The Bertz CT molecular complexity index is 347. The quantitative estimate of drug-likeness (QED) is 0.267. The van der Waals surface area contributed by atoms with Crippen LogP contribution in [0.5, 0.6) is 0 Å². The van der Waals surface area contributed by atoms with E-state index >= 15 is 0 Å². The van der Waals surface area contributed by atoms with Crippen molar-refractivity contribution in [2.75, 3.05) is 19.1 Å². The van der Waals surface area contributed by atoms with Crippen LogP contribution in [-0.2, 0) is 14.3 Å². The zero-order chi connectivity index (χ0) is 16.6. The van der Waals surface area contributed by atoms with Crippen LogP contribution >= 0.6 is 21.6 Å². The van der Waals surface area contributed by atoms with Crippen LogP contribution in [0.3, 0.4) is 0 Å². The number of rotatable bonds is 10. The van der Waals surface area contributed by atoms with Crippen molar-refractivity contribution in [1.29, 1.82) is 0 Å². The van der Waals surface area contributed by atoms with Gasteiger partial charge < -0.3 is 19.9 Å². The molecular formula is C14H28BNO4S2. The zero-order valence-electron chi connectivity index (χ0n) is 14.0. The van der Waals surface area contributed by atoms with Gasteiger partial charge in [0.05, 0.1) is 12.2 Å². The van der Waals surface area contributed by atoms with E-state index in [1.807, 2.05) is 14.8 Å². The van der Waals surface area contributed by atoms with Gasteiger partial charge >= 0.3 is 0 Å². The molecule has 1 rings (SSSR count). The lowest BCUT2D eigenvalue weighted by Gasteiger charge is -2.24. The van der Waals surface area contributed by atoms with Crippen LogP contribution in [0, 0.1) is 0 Å². The Kier molecular flexibility index (Phi) is 9.24. The van der Waals surface area contributed by atoms with Gasteiger partial charge in [-0.3, -0.25) is 4.79 Å². The summed E-state index contributed by atoms with van der Waals surface area (Å²) in [7, 11) is 5.41. The molecular weight excluding hydrogens is 321 g/mol. The topological polar surface area (TPSA) is 67.8 Å². The molecule has 1 aliphatic rings. The monoisotopic (exact) mass is 349 g/mol. The number of carbonyl (C=O) groups excluding carboxylic acids is 1. The average Bonchev–Trinajstić information content (AvgIpc) is 2.81. The van der Waals surface area contributed by atoms with Gasteiger partial charge in [-0.2, -0.15) is 0 Å². The molecule has 0 saturated carbocycles. The van der Waals surface area contributed by atoms with Crippen molar-refractivity contribution >= 4 is 35.3 Å². The van der Waals surface area contributed by atoms with Gasteiger partial charge in [0, 0.05) is 30.3 Å². The molecule has 128 valence electrons. The fourth-order valence-corrected chi connectivity index (χ4v) is 4.42. The lowest BCUT2D eigenvalue weighted by molar-refractivity contribution is -0.120. The minimum atomic E-state index is -0.0389. The van der Waals surface area contributed by atoms with E-state index in [-0.39, 0.29) is 35.5 Å². The average molecular weight is 349 g/mol. The Labute approximate surface area is 142 Å². The highest BCUT2D eigenvalue weighted by atomic mass is 33.1. The predicted molar refractivity (Wildman–Crippen MR) is 95.8 cm³/mol. The van der Waals surface area contributed by atoms with Gasteiger partial charge in [-0.25, -0.2) is 0 Å². The molecule has 22 heavy (non-hydrogen) atoms. The Morgan fingerprint density at radius 1 is 1.55 bits per heavy atom. The largest absolute Gasteiger partial charge is 0.396 e. The van der Waals surface area contributed by atoms with Crippen molar-refractivity contribution in [2.45, 2.75) is 63.0 Å². The number of carbonyl (C=O) groups is 1. The number of hydrogen-bond donors (Lipinski definition) is 2. The van der Waals surface area contributed by atoms with Crippen molar-refractivity contribution in [3.63, 3.8) is 0 Å². The van der Waals surface area contributed by atoms with Crippen LogP contribution in [0.25, 0.3) is 0 Å². The molecule has 1 aliphatic heterocycles. The number of amides is 1. The van der Waals surface area contributed by atoms with E-state index in [9.17, 15) is 4.79 Å². The third-order valence-electron chi connectivity index (χ3n) is 3.45. The fraction of sp³-hybridized carbons (Fsp3) is 0.929. The van der Waals surface area contributed by atoms with Crippen molar-refractivity contribution in [2.24, 2.45) is 0 Å². The second-order valence-electron chi connectivity index (χ2n) is 6.15. The van der Waals surface area contributed by atoms with Crippen LogP contribution in [0.2, 0.25) is 0 Å². The molecule has 0 bridgehead atoms. The van der Waals surface area contributed by atoms with E-state index in [0.717, 1.165) is 6.42 Å². The number of aliphatic hydroxyl groups is 1. The van der Waals surface area contributed by atoms with Gasteiger partial charge in [-0.1, -0.05) is 28.5 Å². The molecule has 0 aromatic rings. The van der Waals surface area contributed by atoms with Crippen LogP contribution in [-0.4, -0.2) is 60.9 Å². The van der Waals surface area contributed by atoms with Crippen molar-refractivity contribution < 1.29 is 19.4 Å². The summed E-state index contributed by atoms with van der Waals surface area (Å²) in [4.78, 5) is 11.3. The molecule has 0 aliphatic carbocycles. The van der Waals surface area contributed by atoms with E-state index in [2.05, 4.69) is 19.2 Å². The Hall–Kier alpha value is 0.115. The first-order valence-electron chi connectivity index (χ1n) is 7.83. The van der Waals surface area contributed by atoms with Crippen LogP contribution < -0.4 is 5.32 Å². The van der Waals surface area contributed by atoms with Gasteiger partial charge in [0.1, 0.15) is 13.8 Å². The van der Waals surface area contributed by atoms with E-state index in [0.29, 0.717) is 25.3 Å². The Balaban J connectivity index is 2.21. The number of nitrogens with one attached hydrogen (secondary N) is 1. The molecule has 3 atom stereocenters. The summed E-state index contributed by atoms with van der Waals surface area (Å²) in [5, 5.41) is 12.0.